The Morgan fingerprint density at radius 2 is 1.29 bits per heavy atom. The van der Waals surface area contributed by atoms with Gasteiger partial charge in [-0.1, -0.05) is 90.4 Å². The van der Waals surface area contributed by atoms with Crippen molar-refractivity contribution in [1.29, 1.82) is 0 Å². The van der Waals surface area contributed by atoms with Crippen LogP contribution in [0.3, 0.4) is 0 Å². The molecule has 0 bridgehead atoms. The Labute approximate surface area is 210 Å². The fourth-order valence-electron chi connectivity index (χ4n) is 4.71. The second kappa shape index (κ2) is 17.2. The number of hydrogen-bond donors (Lipinski definition) is 1. The molecule has 0 saturated carbocycles. The Kier molecular flexibility index (Phi) is 15.5. The van der Waals surface area contributed by atoms with Crippen molar-refractivity contribution in [2.24, 2.45) is 5.92 Å². The van der Waals surface area contributed by atoms with Crippen molar-refractivity contribution in [3.05, 3.63) is 0 Å². The highest BCUT2D eigenvalue weighted by atomic mass is 16.6. The van der Waals surface area contributed by atoms with Gasteiger partial charge in [0.05, 0.1) is 5.92 Å². The van der Waals surface area contributed by atoms with Crippen LogP contribution in [-0.4, -0.2) is 67.2 Å². The van der Waals surface area contributed by atoms with Crippen LogP contribution in [0.1, 0.15) is 118 Å². The van der Waals surface area contributed by atoms with Gasteiger partial charge in [-0.2, -0.15) is 0 Å². The van der Waals surface area contributed by atoms with Crippen molar-refractivity contribution in [2.75, 3.05) is 33.7 Å². The average Bonchev–Trinajstić information content (AvgIpc) is 3.21. The van der Waals surface area contributed by atoms with Crippen molar-refractivity contribution >= 4 is 12.0 Å². The van der Waals surface area contributed by atoms with Gasteiger partial charge in [0.2, 0.25) is 5.91 Å². The largest absolute Gasteiger partial charge is 0.444 e. The molecular formula is C28H55N3O3. The predicted molar refractivity (Wildman–Crippen MR) is 142 cm³/mol. The van der Waals surface area contributed by atoms with Crippen molar-refractivity contribution in [1.82, 2.24) is 15.1 Å². The number of likely N-dealkylation sites (tertiary alicyclic amines) is 1. The molecule has 34 heavy (non-hydrogen) atoms. The first-order chi connectivity index (χ1) is 16.2. The van der Waals surface area contributed by atoms with Crippen molar-refractivity contribution < 1.29 is 14.3 Å². The number of unbranched alkanes of at least 4 members (excludes halogenated alkanes) is 13. The Bertz CT molecular complexity index is 560. The third kappa shape index (κ3) is 13.6. The van der Waals surface area contributed by atoms with Crippen LogP contribution < -0.4 is 5.32 Å². The third-order valence-electron chi connectivity index (χ3n) is 6.77. The fraction of sp³-hybridized carbons (Fsp3) is 0.929. The Balaban J connectivity index is 2.12. The van der Waals surface area contributed by atoms with Gasteiger partial charge in [0, 0.05) is 25.7 Å². The molecule has 2 atom stereocenters. The van der Waals surface area contributed by atoms with Crippen LogP contribution in [0, 0.1) is 5.92 Å². The molecule has 1 saturated heterocycles. The Morgan fingerprint density at radius 1 is 0.824 bits per heavy atom. The number of rotatable bonds is 17. The molecule has 0 aromatic carbocycles. The van der Waals surface area contributed by atoms with Crippen LogP contribution in [0.2, 0.25) is 0 Å². The van der Waals surface area contributed by atoms with Gasteiger partial charge in [-0.3, -0.25) is 4.79 Å². The average molecular weight is 482 g/mol. The maximum absolute atomic E-state index is 12.8. The lowest BCUT2D eigenvalue weighted by molar-refractivity contribution is -0.125. The maximum Gasteiger partial charge on any atom is 0.410 e. The molecule has 1 N–H and O–H groups in total. The molecule has 1 rings (SSSR count). The molecular weight excluding hydrogens is 426 g/mol. The molecule has 0 unspecified atom stereocenters. The van der Waals surface area contributed by atoms with Crippen molar-refractivity contribution in [3.8, 4) is 0 Å². The monoisotopic (exact) mass is 481 g/mol. The molecule has 2 amide bonds. The quantitative estimate of drug-likeness (QED) is 0.245. The van der Waals surface area contributed by atoms with Crippen LogP contribution in [0.25, 0.3) is 0 Å². The van der Waals surface area contributed by atoms with E-state index in [9.17, 15) is 9.59 Å². The molecule has 0 radical (unpaired) electrons. The smallest absolute Gasteiger partial charge is 0.410 e. The van der Waals surface area contributed by atoms with E-state index in [4.69, 9.17) is 4.74 Å². The van der Waals surface area contributed by atoms with Gasteiger partial charge in [0.1, 0.15) is 5.60 Å². The first-order valence-corrected chi connectivity index (χ1v) is 14.1. The van der Waals surface area contributed by atoms with Crippen LogP contribution in [0.5, 0.6) is 0 Å². The molecule has 1 aliphatic heterocycles. The summed E-state index contributed by atoms with van der Waals surface area (Å²) in [6, 6.07) is 0.0175. The van der Waals surface area contributed by atoms with E-state index in [1.54, 1.807) is 4.90 Å². The van der Waals surface area contributed by atoms with Crippen LogP contribution in [0.4, 0.5) is 4.79 Å². The standard InChI is InChI=1S/C28H55N3O3/c1-7-8-9-10-11-12-13-14-15-16-17-18-19-20-21-29-26(32)24-22-31(23-25(24)30(5)6)27(33)34-28(2,3)4/h24-25H,7-23H2,1-6H3,(H,29,32)/t24-,25-/m1/s1. The number of likely N-dealkylation sites (N-methyl/N-ethyl adjacent to an activating group) is 1. The Hall–Kier alpha value is -1.30. The topological polar surface area (TPSA) is 61.9 Å². The summed E-state index contributed by atoms with van der Waals surface area (Å²) in [6.07, 6.45) is 18.3. The van der Waals surface area contributed by atoms with E-state index in [1.165, 1.54) is 83.5 Å². The number of carbonyl (C=O) groups excluding carboxylic acids is 2. The number of nitrogens with zero attached hydrogens (tertiary/aromatic N) is 2. The molecule has 1 aliphatic rings. The zero-order valence-corrected chi connectivity index (χ0v) is 23.3. The lowest BCUT2D eigenvalue weighted by Gasteiger charge is -2.25. The van der Waals surface area contributed by atoms with Crippen molar-refractivity contribution in [3.63, 3.8) is 0 Å². The minimum absolute atomic E-state index is 0.0175. The number of amides is 2. The van der Waals surface area contributed by atoms with Crippen LogP contribution >= 0.6 is 0 Å². The van der Waals surface area contributed by atoms with Crippen molar-refractivity contribution in [2.45, 2.75) is 129 Å². The van der Waals surface area contributed by atoms with E-state index in [0.29, 0.717) is 13.1 Å². The van der Waals surface area contributed by atoms with Gasteiger partial charge in [0.15, 0.2) is 0 Å². The first kappa shape index (κ1) is 30.7. The number of carbonyl (C=O) groups is 2. The number of hydrogen-bond acceptors (Lipinski definition) is 4. The second-order valence-corrected chi connectivity index (χ2v) is 11.4. The molecule has 1 fully saturated rings. The lowest BCUT2D eigenvalue weighted by atomic mass is 10.0. The molecule has 0 spiro atoms. The van der Waals surface area contributed by atoms with Gasteiger partial charge >= 0.3 is 6.09 Å². The third-order valence-corrected chi connectivity index (χ3v) is 6.77. The highest BCUT2D eigenvalue weighted by molar-refractivity contribution is 5.81. The fourth-order valence-corrected chi connectivity index (χ4v) is 4.71. The SMILES string of the molecule is CCCCCCCCCCCCCCCCNC(=O)[C@@H]1CN(C(=O)OC(C)(C)C)C[C@H]1N(C)C. The minimum atomic E-state index is -0.529. The minimum Gasteiger partial charge on any atom is -0.444 e. The summed E-state index contributed by atoms with van der Waals surface area (Å²) in [7, 11) is 3.94. The van der Waals surface area contributed by atoms with Gasteiger partial charge < -0.3 is 19.9 Å². The van der Waals surface area contributed by atoms with Gasteiger partial charge in [0.25, 0.3) is 0 Å². The molecule has 0 aromatic rings. The zero-order chi connectivity index (χ0) is 25.4. The van der Waals surface area contributed by atoms with E-state index in [0.717, 1.165) is 13.0 Å². The highest BCUT2D eigenvalue weighted by Gasteiger charge is 2.41. The molecule has 0 aromatic heterocycles. The molecule has 200 valence electrons. The first-order valence-electron chi connectivity index (χ1n) is 14.1. The number of ether oxygens (including phenoxy) is 1. The van der Waals surface area contributed by atoms with E-state index in [2.05, 4.69) is 12.2 Å². The highest BCUT2D eigenvalue weighted by Crippen LogP contribution is 2.23. The predicted octanol–water partition coefficient (Wildman–Crippen LogP) is 6.38. The lowest BCUT2D eigenvalue weighted by Crippen LogP contribution is -2.43. The second-order valence-electron chi connectivity index (χ2n) is 11.4. The molecule has 0 aliphatic carbocycles. The molecule has 6 nitrogen and oxygen atoms in total. The summed E-state index contributed by atoms with van der Waals surface area (Å²) in [4.78, 5) is 29.0. The van der Waals surface area contributed by atoms with Gasteiger partial charge in [-0.25, -0.2) is 4.79 Å². The van der Waals surface area contributed by atoms with E-state index in [1.807, 2.05) is 39.8 Å². The summed E-state index contributed by atoms with van der Waals surface area (Å²) in [5, 5.41) is 3.12. The van der Waals surface area contributed by atoms with Gasteiger partial charge in [-0.05, 0) is 41.3 Å². The molecule has 6 heteroatoms. The van der Waals surface area contributed by atoms with E-state index < -0.39 is 5.60 Å². The van der Waals surface area contributed by atoms with E-state index in [-0.39, 0.29) is 24.0 Å². The number of nitrogens with one attached hydrogen (secondary N) is 1. The summed E-state index contributed by atoms with van der Waals surface area (Å²) >= 11 is 0. The normalized spacial score (nSPS) is 18.5. The van der Waals surface area contributed by atoms with Gasteiger partial charge in [-0.15, -0.1) is 0 Å². The Morgan fingerprint density at radius 3 is 1.74 bits per heavy atom. The van der Waals surface area contributed by atoms with Crippen LogP contribution in [-0.2, 0) is 9.53 Å². The summed E-state index contributed by atoms with van der Waals surface area (Å²) in [5.74, 6) is -0.159. The zero-order valence-electron chi connectivity index (χ0n) is 23.3. The van der Waals surface area contributed by atoms with E-state index >= 15 is 0 Å². The van der Waals surface area contributed by atoms with Crippen LogP contribution in [0.15, 0.2) is 0 Å². The summed E-state index contributed by atoms with van der Waals surface area (Å²) in [5.41, 5.74) is -0.529. The summed E-state index contributed by atoms with van der Waals surface area (Å²) in [6.45, 7) is 9.54. The molecule has 1 heterocycles. The maximum atomic E-state index is 12.8. The summed E-state index contributed by atoms with van der Waals surface area (Å²) < 4.78 is 5.50.